The van der Waals surface area contributed by atoms with Gasteiger partial charge in [-0.05, 0) is 30.5 Å². The van der Waals surface area contributed by atoms with Crippen LogP contribution in [0.4, 0.5) is 10.5 Å². The molecule has 0 spiro atoms. The van der Waals surface area contributed by atoms with E-state index < -0.39 is 5.97 Å². The van der Waals surface area contributed by atoms with E-state index in [-0.39, 0.29) is 30.7 Å². The van der Waals surface area contributed by atoms with Gasteiger partial charge in [0.2, 0.25) is 5.91 Å². The Morgan fingerprint density at radius 3 is 2.35 bits per heavy atom. The molecule has 0 bridgehead atoms. The van der Waals surface area contributed by atoms with Crippen LogP contribution >= 0.6 is 11.6 Å². The first-order valence-corrected chi connectivity index (χ1v) is 8.95. The highest BCUT2D eigenvalue weighted by Crippen LogP contribution is 2.20. The number of hydrogen-bond acceptors (Lipinski definition) is 3. The Balaban J connectivity index is 1.81. The van der Waals surface area contributed by atoms with Gasteiger partial charge >= 0.3 is 12.0 Å². The van der Waals surface area contributed by atoms with Gasteiger partial charge in [-0.3, -0.25) is 9.59 Å². The van der Waals surface area contributed by atoms with E-state index >= 15 is 0 Å². The largest absolute Gasteiger partial charge is 0.481 e. The number of nitrogens with zero attached hydrogens (tertiary/aromatic N) is 2. The van der Waals surface area contributed by atoms with Crippen LogP contribution < -0.4 is 5.32 Å². The number of aliphatic carboxylic acids is 1. The van der Waals surface area contributed by atoms with Crippen molar-refractivity contribution < 1.29 is 19.5 Å². The minimum Gasteiger partial charge on any atom is -0.481 e. The molecule has 8 heteroatoms. The number of nitrogens with one attached hydrogen (secondary N) is 1. The molecule has 3 amide bonds. The third-order valence-corrected chi connectivity index (χ3v) is 4.80. The van der Waals surface area contributed by atoms with Crippen molar-refractivity contribution in [1.82, 2.24) is 9.80 Å². The third kappa shape index (κ3) is 5.62. The molecular formula is C18H24ClN3O4. The normalized spacial score (nSPS) is 15.5. The maximum Gasteiger partial charge on any atom is 0.321 e. The summed E-state index contributed by atoms with van der Waals surface area (Å²) in [7, 11) is 0. The molecule has 1 fully saturated rings. The summed E-state index contributed by atoms with van der Waals surface area (Å²) in [6.45, 7) is 5.40. The van der Waals surface area contributed by atoms with E-state index in [1.165, 1.54) is 0 Å². The van der Waals surface area contributed by atoms with Gasteiger partial charge in [0, 0.05) is 49.7 Å². The standard InChI is InChI=1S/C18H24ClN3O4/c1-12(10-17(24)25)9-16(23)21-5-7-22(8-6-21)18(26)20-14-4-3-13(2)15(19)11-14/h3-4,11-12H,5-10H2,1-2H3,(H,20,26)(H,24,25). The highest BCUT2D eigenvalue weighted by molar-refractivity contribution is 6.31. The summed E-state index contributed by atoms with van der Waals surface area (Å²) in [6, 6.07) is 5.12. The van der Waals surface area contributed by atoms with Crippen LogP contribution in [-0.2, 0) is 9.59 Å². The van der Waals surface area contributed by atoms with Crippen molar-refractivity contribution in [3.63, 3.8) is 0 Å². The Hall–Kier alpha value is -2.28. The molecule has 2 rings (SSSR count). The summed E-state index contributed by atoms with van der Waals surface area (Å²) in [4.78, 5) is 38.6. The van der Waals surface area contributed by atoms with Gasteiger partial charge in [0.25, 0.3) is 0 Å². The van der Waals surface area contributed by atoms with E-state index in [0.717, 1.165) is 5.56 Å². The van der Waals surface area contributed by atoms with Crippen LogP contribution in [0.2, 0.25) is 5.02 Å². The zero-order valence-corrected chi connectivity index (χ0v) is 15.8. The van der Waals surface area contributed by atoms with Crippen LogP contribution in [0.5, 0.6) is 0 Å². The van der Waals surface area contributed by atoms with Crippen molar-refractivity contribution in [2.75, 3.05) is 31.5 Å². The molecule has 0 radical (unpaired) electrons. The minimum absolute atomic E-state index is 0.0206. The van der Waals surface area contributed by atoms with Crippen molar-refractivity contribution in [1.29, 1.82) is 0 Å². The molecule has 7 nitrogen and oxygen atoms in total. The number of amides is 3. The van der Waals surface area contributed by atoms with Crippen molar-refractivity contribution in [3.8, 4) is 0 Å². The molecule has 0 aromatic heterocycles. The summed E-state index contributed by atoms with van der Waals surface area (Å²) in [5, 5.41) is 12.2. The predicted octanol–water partition coefficient (Wildman–Crippen LogP) is 2.83. The maximum absolute atomic E-state index is 12.3. The van der Waals surface area contributed by atoms with E-state index in [9.17, 15) is 14.4 Å². The molecule has 0 saturated carbocycles. The average molecular weight is 382 g/mol. The van der Waals surface area contributed by atoms with E-state index in [1.54, 1.807) is 28.9 Å². The number of carboxylic acid groups (broad SMARTS) is 1. The lowest BCUT2D eigenvalue weighted by Crippen LogP contribution is -2.51. The lowest BCUT2D eigenvalue weighted by Gasteiger charge is -2.35. The summed E-state index contributed by atoms with van der Waals surface area (Å²) in [6.07, 6.45) is 0.188. The average Bonchev–Trinajstić information content (AvgIpc) is 2.57. The van der Waals surface area contributed by atoms with Crippen LogP contribution in [0.1, 0.15) is 25.3 Å². The first-order chi connectivity index (χ1) is 12.3. The molecule has 1 aromatic rings. The lowest BCUT2D eigenvalue weighted by molar-refractivity contribution is -0.138. The highest BCUT2D eigenvalue weighted by atomic mass is 35.5. The zero-order chi connectivity index (χ0) is 19.3. The Morgan fingerprint density at radius 1 is 1.15 bits per heavy atom. The third-order valence-electron chi connectivity index (χ3n) is 4.39. The number of anilines is 1. The van der Waals surface area contributed by atoms with Crippen LogP contribution in [0, 0.1) is 12.8 Å². The van der Waals surface area contributed by atoms with Gasteiger partial charge in [-0.2, -0.15) is 0 Å². The van der Waals surface area contributed by atoms with E-state index in [0.29, 0.717) is 36.9 Å². The number of halogens is 1. The molecule has 1 heterocycles. The number of piperazine rings is 1. The highest BCUT2D eigenvalue weighted by Gasteiger charge is 2.25. The fraction of sp³-hybridized carbons (Fsp3) is 0.500. The number of aryl methyl sites for hydroxylation is 1. The van der Waals surface area contributed by atoms with Gasteiger partial charge in [-0.25, -0.2) is 4.79 Å². The monoisotopic (exact) mass is 381 g/mol. The van der Waals surface area contributed by atoms with E-state index in [2.05, 4.69) is 5.32 Å². The predicted molar refractivity (Wildman–Crippen MR) is 99.4 cm³/mol. The number of carbonyl (C=O) groups excluding carboxylic acids is 2. The molecule has 1 saturated heterocycles. The number of hydrogen-bond donors (Lipinski definition) is 2. The van der Waals surface area contributed by atoms with Crippen LogP contribution in [0.3, 0.4) is 0 Å². The minimum atomic E-state index is -0.900. The quantitative estimate of drug-likeness (QED) is 0.820. The summed E-state index contributed by atoms with van der Waals surface area (Å²) in [5.74, 6) is -1.17. The topological polar surface area (TPSA) is 90.0 Å². The van der Waals surface area contributed by atoms with Gasteiger partial charge in [-0.15, -0.1) is 0 Å². The molecule has 1 unspecified atom stereocenters. The number of carboxylic acids is 1. The Bertz CT molecular complexity index is 687. The molecule has 26 heavy (non-hydrogen) atoms. The van der Waals surface area contributed by atoms with Crippen LogP contribution in [-0.4, -0.2) is 59.0 Å². The Morgan fingerprint density at radius 2 is 1.77 bits per heavy atom. The first-order valence-electron chi connectivity index (χ1n) is 8.58. The van der Waals surface area contributed by atoms with Gasteiger partial charge in [-0.1, -0.05) is 24.6 Å². The Labute approximate surface area is 157 Å². The van der Waals surface area contributed by atoms with Gasteiger partial charge in [0.1, 0.15) is 0 Å². The second kappa shape index (κ2) is 8.89. The first kappa shape index (κ1) is 20.0. The molecule has 1 atom stereocenters. The van der Waals surface area contributed by atoms with Crippen molar-refractivity contribution >= 4 is 35.2 Å². The van der Waals surface area contributed by atoms with Crippen molar-refractivity contribution in [3.05, 3.63) is 28.8 Å². The van der Waals surface area contributed by atoms with Crippen LogP contribution in [0.15, 0.2) is 18.2 Å². The summed E-state index contributed by atoms with van der Waals surface area (Å²) in [5.41, 5.74) is 1.57. The number of benzene rings is 1. The fourth-order valence-electron chi connectivity index (χ4n) is 2.83. The van der Waals surface area contributed by atoms with Gasteiger partial charge in [0.05, 0.1) is 0 Å². The maximum atomic E-state index is 12.3. The molecular weight excluding hydrogens is 358 g/mol. The van der Waals surface area contributed by atoms with E-state index in [1.807, 2.05) is 13.0 Å². The second-order valence-corrected chi connectivity index (χ2v) is 7.08. The molecule has 142 valence electrons. The smallest absolute Gasteiger partial charge is 0.321 e. The van der Waals surface area contributed by atoms with Gasteiger partial charge < -0.3 is 20.2 Å². The molecule has 0 aliphatic carbocycles. The van der Waals surface area contributed by atoms with Crippen molar-refractivity contribution in [2.24, 2.45) is 5.92 Å². The fourth-order valence-corrected chi connectivity index (χ4v) is 3.01. The van der Waals surface area contributed by atoms with Crippen LogP contribution in [0.25, 0.3) is 0 Å². The molecule has 2 N–H and O–H groups in total. The SMILES string of the molecule is Cc1ccc(NC(=O)N2CCN(C(=O)CC(C)CC(=O)O)CC2)cc1Cl. The second-order valence-electron chi connectivity index (χ2n) is 6.67. The number of urea groups is 1. The Kier molecular flexibility index (Phi) is 6.85. The molecule has 1 aromatic carbocycles. The van der Waals surface area contributed by atoms with E-state index in [4.69, 9.17) is 16.7 Å². The summed E-state index contributed by atoms with van der Waals surface area (Å²) < 4.78 is 0. The lowest BCUT2D eigenvalue weighted by atomic mass is 10.0. The zero-order valence-electron chi connectivity index (χ0n) is 15.0. The molecule has 1 aliphatic rings. The number of rotatable bonds is 5. The van der Waals surface area contributed by atoms with Gasteiger partial charge in [0.15, 0.2) is 0 Å². The number of carbonyl (C=O) groups is 3. The molecule has 1 aliphatic heterocycles. The summed E-state index contributed by atoms with van der Waals surface area (Å²) >= 11 is 6.06. The van der Waals surface area contributed by atoms with Crippen molar-refractivity contribution in [2.45, 2.75) is 26.7 Å².